The van der Waals surface area contributed by atoms with E-state index in [4.69, 9.17) is 4.42 Å². The van der Waals surface area contributed by atoms with Crippen LogP contribution in [0.1, 0.15) is 49.2 Å². The third-order valence-electron chi connectivity index (χ3n) is 10.3. The number of carboxylic acid groups (broad SMARTS) is 1. The number of carboxylic acids is 1. The Hall–Kier alpha value is -5.42. The van der Waals surface area contributed by atoms with Crippen LogP contribution in [0.3, 0.4) is 0 Å². The van der Waals surface area contributed by atoms with Gasteiger partial charge < -0.3 is 14.9 Å². The number of hydrogen-bond acceptors (Lipinski definition) is 3. The van der Waals surface area contributed by atoms with Crippen LogP contribution in [0.2, 0.25) is 0 Å². The fourth-order valence-corrected chi connectivity index (χ4v) is 8.35. The van der Waals surface area contributed by atoms with Gasteiger partial charge in [0.25, 0.3) is 0 Å². The summed E-state index contributed by atoms with van der Waals surface area (Å²) < 4.78 is 7.41. The summed E-state index contributed by atoms with van der Waals surface area (Å²) in [4.78, 5) is 16.5. The third kappa shape index (κ3) is 3.89. The van der Waals surface area contributed by atoms with Crippen molar-refractivity contribution in [2.75, 3.05) is 22.9 Å². The molecular weight excluding hydrogens is 580 g/mol. The average molecular weight is 616 g/mol. The summed E-state index contributed by atoms with van der Waals surface area (Å²) in [6, 6.07) is 37.7. The lowest BCUT2D eigenvalue weighted by Crippen LogP contribution is -2.25. The van der Waals surface area contributed by atoms with Crippen molar-refractivity contribution in [2.24, 2.45) is 0 Å². The number of aromatic carboxylic acids is 1. The largest absolute Gasteiger partial charge is 0.478 e. The highest BCUT2D eigenvalue weighted by atomic mass is 16.4. The molecule has 7 aromatic rings. The molecule has 0 spiro atoms. The van der Waals surface area contributed by atoms with Crippen molar-refractivity contribution in [1.82, 2.24) is 0 Å². The van der Waals surface area contributed by atoms with Gasteiger partial charge in [-0.15, -0.1) is 0 Å². The Morgan fingerprint density at radius 1 is 0.574 bits per heavy atom. The molecule has 5 heteroatoms. The summed E-state index contributed by atoms with van der Waals surface area (Å²) in [5.41, 5.74) is 8.69. The van der Waals surface area contributed by atoms with Crippen molar-refractivity contribution in [3.8, 4) is 0 Å². The van der Waals surface area contributed by atoms with E-state index in [0.717, 1.165) is 51.8 Å². The Kier molecular flexibility index (Phi) is 5.66. The summed E-state index contributed by atoms with van der Waals surface area (Å²) in [7, 11) is 0. The van der Waals surface area contributed by atoms with Crippen LogP contribution in [0.15, 0.2) is 114 Å². The van der Waals surface area contributed by atoms with E-state index in [1.54, 1.807) is 12.1 Å². The van der Waals surface area contributed by atoms with Gasteiger partial charge in [-0.1, -0.05) is 94.4 Å². The zero-order chi connectivity index (χ0) is 32.2. The molecule has 5 nitrogen and oxygen atoms in total. The maximum Gasteiger partial charge on any atom is 0.367 e. The van der Waals surface area contributed by atoms with E-state index >= 15 is 0 Å². The second-order valence-corrected chi connectivity index (χ2v) is 14.4. The molecule has 0 unspecified atom stereocenters. The summed E-state index contributed by atoms with van der Waals surface area (Å²) >= 11 is 0. The Labute approximate surface area is 273 Å². The molecule has 230 valence electrons. The van der Waals surface area contributed by atoms with Gasteiger partial charge >= 0.3 is 17.1 Å². The molecule has 0 fully saturated rings. The molecule has 0 atom stereocenters. The molecule has 47 heavy (non-hydrogen) atoms. The molecule has 3 heterocycles. The van der Waals surface area contributed by atoms with Gasteiger partial charge in [-0.25, -0.2) is 9.21 Å². The minimum atomic E-state index is -0.922. The number of carbonyl (C=O) groups is 1. The number of nitrogens with zero attached hydrogens (tertiary/aromatic N) is 2. The molecule has 0 bridgehead atoms. The molecule has 6 aromatic carbocycles. The predicted octanol–water partition coefficient (Wildman–Crippen LogP) is 10.7. The van der Waals surface area contributed by atoms with Gasteiger partial charge in [0.2, 0.25) is 0 Å². The van der Waals surface area contributed by atoms with Crippen molar-refractivity contribution >= 4 is 72.2 Å². The molecule has 0 saturated carbocycles. The first-order chi connectivity index (χ1) is 22.6. The van der Waals surface area contributed by atoms with Crippen molar-refractivity contribution in [2.45, 2.75) is 38.5 Å². The number of fused-ring (bicyclic) bond motifs is 12. The highest BCUT2D eigenvalue weighted by molar-refractivity contribution is 6.22. The quantitative estimate of drug-likeness (QED) is 0.122. The molecule has 2 aliphatic heterocycles. The van der Waals surface area contributed by atoms with E-state index in [-0.39, 0.29) is 16.4 Å². The molecule has 0 amide bonds. The van der Waals surface area contributed by atoms with Crippen molar-refractivity contribution in [1.29, 1.82) is 0 Å². The predicted molar refractivity (Wildman–Crippen MR) is 193 cm³/mol. The fourth-order valence-electron chi connectivity index (χ4n) is 8.35. The van der Waals surface area contributed by atoms with E-state index in [9.17, 15) is 9.90 Å². The lowest BCUT2D eigenvalue weighted by molar-refractivity contribution is 0.0697. The van der Waals surface area contributed by atoms with Gasteiger partial charge in [0.15, 0.2) is 0 Å². The number of rotatable bonds is 3. The topological polar surface area (TPSA) is 55.1 Å². The van der Waals surface area contributed by atoms with Gasteiger partial charge in [-0.2, -0.15) is 0 Å². The molecule has 0 aliphatic carbocycles. The summed E-state index contributed by atoms with van der Waals surface area (Å²) in [6.07, 6.45) is 0. The Bertz CT molecular complexity index is 2450. The number of benzene rings is 6. The van der Waals surface area contributed by atoms with Gasteiger partial charge in [-0.05, 0) is 42.5 Å². The molecule has 1 aromatic heterocycles. The van der Waals surface area contributed by atoms with Crippen LogP contribution < -0.4 is 9.80 Å². The van der Waals surface area contributed by atoms with Crippen LogP contribution in [0, 0.1) is 0 Å². The highest BCUT2D eigenvalue weighted by Crippen LogP contribution is 2.56. The summed E-state index contributed by atoms with van der Waals surface area (Å²) in [6.45, 7) is 10.8. The van der Waals surface area contributed by atoms with Crippen LogP contribution >= 0.6 is 0 Å². The van der Waals surface area contributed by atoms with Crippen molar-refractivity contribution in [3.05, 3.63) is 126 Å². The van der Waals surface area contributed by atoms with E-state index in [2.05, 4.69) is 122 Å². The number of para-hydroxylation sites is 1. The van der Waals surface area contributed by atoms with E-state index in [0.29, 0.717) is 0 Å². The van der Waals surface area contributed by atoms with Crippen LogP contribution in [0.5, 0.6) is 0 Å². The minimum absolute atomic E-state index is 0.169. The zero-order valence-corrected chi connectivity index (χ0v) is 27.0. The van der Waals surface area contributed by atoms with Crippen LogP contribution in [-0.2, 0) is 10.8 Å². The first-order valence-electron chi connectivity index (χ1n) is 16.3. The Morgan fingerprint density at radius 3 is 1.47 bits per heavy atom. The standard InChI is InChI=1S/C42H34N2O3/c1-41(2)23-43(26-12-6-5-7-13-26)36-30-16-10-8-14-28(30)32-22-33-29-15-9-11-17-31(29)37-35(39(33)47-38(32)34(36)41)42(3,4)24-44(37)27-20-18-25(19-21-27)40(45)46/h5-22H,23-24H2,1-4H3/p+1. The Balaban J connectivity index is 1.42. The monoisotopic (exact) mass is 615 g/mol. The molecular formula is C42H35N2O3+. The smallest absolute Gasteiger partial charge is 0.367 e. The zero-order valence-electron chi connectivity index (χ0n) is 27.0. The van der Waals surface area contributed by atoms with Gasteiger partial charge in [-0.3, -0.25) is 0 Å². The summed E-state index contributed by atoms with van der Waals surface area (Å²) in [5.74, 6) is -0.922. The maximum absolute atomic E-state index is 11.6. The molecule has 1 N–H and O–H groups in total. The van der Waals surface area contributed by atoms with Crippen molar-refractivity contribution < 1.29 is 14.3 Å². The molecule has 9 rings (SSSR count). The van der Waals surface area contributed by atoms with Gasteiger partial charge in [0.1, 0.15) is 0 Å². The first kappa shape index (κ1) is 27.9. The van der Waals surface area contributed by atoms with E-state index in [1.807, 2.05) is 12.1 Å². The molecule has 2 aliphatic rings. The average Bonchev–Trinajstić information content (AvgIpc) is 3.54. The van der Waals surface area contributed by atoms with Gasteiger partial charge in [0.05, 0.1) is 38.8 Å². The number of hydrogen-bond donors (Lipinski definition) is 1. The SMILES string of the molecule is CC1(C)CN(c2ccccc2)c2c1c1[o+]c3c4c(c5ccccc5c3cc1c1ccccc21)N(c1ccc(C(=O)O)cc1)CC4(C)C. The van der Waals surface area contributed by atoms with E-state index in [1.165, 1.54) is 38.7 Å². The molecule has 0 saturated heterocycles. The second kappa shape index (κ2) is 9.55. The molecule has 0 radical (unpaired) electrons. The summed E-state index contributed by atoms with van der Waals surface area (Å²) in [5, 5.41) is 16.5. The van der Waals surface area contributed by atoms with Crippen molar-refractivity contribution in [3.63, 3.8) is 0 Å². The van der Waals surface area contributed by atoms with E-state index < -0.39 is 5.97 Å². The third-order valence-corrected chi connectivity index (χ3v) is 10.3. The number of anilines is 4. The lowest BCUT2D eigenvalue weighted by Gasteiger charge is -2.23. The lowest BCUT2D eigenvalue weighted by atomic mass is 9.82. The van der Waals surface area contributed by atoms with Crippen LogP contribution in [0.4, 0.5) is 22.7 Å². The van der Waals surface area contributed by atoms with Crippen LogP contribution in [0.25, 0.3) is 43.5 Å². The first-order valence-corrected chi connectivity index (χ1v) is 16.3. The second-order valence-electron chi connectivity index (χ2n) is 14.4. The highest BCUT2D eigenvalue weighted by Gasteiger charge is 2.47. The fraction of sp³-hybridized carbons (Fsp3) is 0.190. The maximum atomic E-state index is 11.6. The van der Waals surface area contributed by atoms with Crippen LogP contribution in [-0.4, -0.2) is 24.2 Å². The van der Waals surface area contributed by atoms with Gasteiger partial charge in [0, 0.05) is 56.8 Å². The minimum Gasteiger partial charge on any atom is -0.478 e. The Morgan fingerprint density at radius 2 is 1.00 bits per heavy atom. The normalized spacial score (nSPS) is 16.3.